The molecular weight excluding hydrogens is 344 g/mol. The SMILES string of the molecule is CC(=O)CCn1c(-c2ccccc2Cl)nc2sc(C)c(C)c2c1=O. The van der Waals surface area contributed by atoms with Crippen molar-refractivity contribution in [1.29, 1.82) is 0 Å². The molecule has 0 fully saturated rings. The van der Waals surface area contributed by atoms with E-state index in [1.807, 2.05) is 32.0 Å². The van der Waals surface area contributed by atoms with Gasteiger partial charge in [-0.1, -0.05) is 23.7 Å². The number of halogens is 1. The van der Waals surface area contributed by atoms with E-state index in [0.717, 1.165) is 10.4 Å². The van der Waals surface area contributed by atoms with Gasteiger partial charge in [-0.2, -0.15) is 0 Å². The number of hydrogen-bond donors (Lipinski definition) is 0. The second kappa shape index (κ2) is 6.49. The van der Waals surface area contributed by atoms with E-state index in [0.29, 0.717) is 33.2 Å². The van der Waals surface area contributed by atoms with E-state index in [1.54, 1.807) is 10.6 Å². The summed E-state index contributed by atoms with van der Waals surface area (Å²) in [7, 11) is 0. The Balaban J connectivity index is 2.34. The van der Waals surface area contributed by atoms with Crippen molar-refractivity contribution in [2.75, 3.05) is 0 Å². The lowest BCUT2D eigenvalue weighted by molar-refractivity contribution is -0.117. The molecule has 0 unspecified atom stereocenters. The van der Waals surface area contributed by atoms with Gasteiger partial charge in [0.25, 0.3) is 5.56 Å². The van der Waals surface area contributed by atoms with Crippen LogP contribution in [-0.4, -0.2) is 15.3 Å². The van der Waals surface area contributed by atoms with Crippen LogP contribution in [0.25, 0.3) is 21.6 Å². The first kappa shape index (κ1) is 16.9. The highest BCUT2D eigenvalue weighted by Crippen LogP contribution is 2.31. The summed E-state index contributed by atoms with van der Waals surface area (Å²) in [6.45, 7) is 5.73. The number of nitrogens with zero attached hydrogens (tertiary/aromatic N) is 2. The first-order chi connectivity index (χ1) is 11.4. The van der Waals surface area contributed by atoms with Gasteiger partial charge in [0.2, 0.25) is 0 Å². The molecule has 0 spiro atoms. The quantitative estimate of drug-likeness (QED) is 0.694. The van der Waals surface area contributed by atoms with Gasteiger partial charge in [0.1, 0.15) is 16.4 Å². The monoisotopic (exact) mass is 360 g/mol. The van der Waals surface area contributed by atoms with Gasteiger partial charge in [0.05, 0.1) is 10.4 Å². The molecule has 0 aliphatic rings. The van der Waals surface area contributed by atoms with Gasteiger partial charge in [-0.25, -0.2) is 4.98 Å². The van der Waals surface area contributed by atoms with Crippen LogP contribution in [0.4, 0.5) is 0 Å². The first-order valence-corrected chi connectivity index (χ1v) is 8.84. The molecule has 0 aliphatic carbocycles. The van der Waals surface area contributed by atoms with Crippen LogP contribution in [0.1, 0.15) is 23.8 Å². The normalized spacial score (nSPS) is 11.2. The lowest BCUT2D eigenvalue weighted by Crippen LogP contribution is -2.24. The maximum Gasteiger partial charge on any atom is 0.262 e. The Hall–Kier alpha value is -1.98. The second-order valence-electron chi connectivity index (χ2n) is 5.79. The van der Waals surface area contributed by atoms with Crippen molar-refractivity contribution in [2.24, 2.45) is 0 Å². The highest BCUT2D eigenvalue weighted by molar-refractivity contribution is 7.18. The second-order valence-corrected chi connectivity index (χ2v) is 7.40. The molecule has 1 aromatic carbocycles. The molecule has 4 nitrogen and oxygen atoms in total. The molecule has 3 rings (SSSR count). The summed E-state index contributed by atoms with van der Waals surface area (Å²) in [6.07, 6.45) is 0.284. The zero-order chi connectivity index (χ0) is 17.4. The molecule has 0 saturated heterocycles. The van der Waals surface area contributed by atoms with Gasteiger partial charge >= 0.3 is 0 Å². The molecule has 0 saturated carbocycles. The minimum atomic E-state index is -0.113. The Labute approximate surface area is 148 Å². The van der Waals surface area contributed by atoms with Gasteiger partial charge in [-0.3, -0.25) is 14.2 Å². The number of hydrogen-bond acceptors (Lipinski definition) is 4. The minimum absolute atomic E-state index is 0.0327. The van der Waals surface area contributed by atoms with Crippen molar-refractivity contribution < 1.29 is 4.79 Å². The standard InChI is InChI=1S/C18H17ClN2O2S/c1-10(22)8-9-21-16(13-6-4-5-7-14(13)19)20-17-15(18(21)23)11(2)12(3)24-17/h4-7H,8-9H2,1-3H3. The maximum absolute atomic E-state index is 13.1. The smallest absolute Gasteiger partial charge is 0.262 e. The van der Waals surface area contributed by atoms with Crippen LogP contribution in [0.5, 0.6) is 0 Å². The van der Waals surface area contributed by atoms with E-state index in [2.05, 4.69) is 0 Å². The molecule has 0 N–H and O–H groups in total. The van der Waals surface area contributed by atoms with Crippen LogP contribution < -0.4 is 5.56 Å². The van der Waals surface area contributed by atoms with E-state index < -0.39 is 0 Å². The van der Waals surface area contributed by atoms with Crippen LogP contribution >= 0.6 is 22.9 Å². The Bertz CT molecular complexity index is 1000. The summed E-state index contributed by atoms with van der Waals surface area (Å²) < 4.78 is 1.57. The van der Waals surface area contributed by atoms with Gasteiger partial charge < -0.3 is 0 Å². The number of thiophene rings is 1. The van der Waals surface area contributed by atoms with E-state index in [4.69, 9.17) is 16.6 Å². The Morgan fingerprint density at radius 2 is 2.00 bits per heavy atom. The van der Waals surface area contributed by atoms with Gasteiger partial charge in [-0.15, -0.1) is 11.3 Å². The van der Waals surface area contributed by atoms with Crippen molar-refractivity contribution in [3.8, 4) is 11.4 Å². The zero-order valence-corrected chi connectivity index (χ0v) is 15.3. The van der Waals surface area contributed by atoms with Crippen molar-refractivity contribution in [1.82, 2.24) is 9.55 Å². The molecule has 3 aromatic rings. The molecule has 0 radical (unpaired) electrons. The van der Waals surface area contributed by atoms with E-state index >= 15 is 0 Å². The van der Waals surface area contributed by atoms with E-state index in [-0.39, 0.29) is 17.8 Å². The average molecular weight is 361 g/mol. The molecule has 0 bridgehead atoms. The summed E-state index contributed by atoms with van der Waals surface area (Å²) in [5, 5.41) is 1.17. The van der Waals surface area contributed by atoms with Crippen molar-refractivity contribution in [3.63, 3.8) is 0 Å². The molecule has 0 atom stereocenters. The summed E-state index contributed by atoms with van der Waals surface area (Å²) in [5.74, 6) is 0.547. The number of aromatic nitrogens is 2. The fourth-order valence-electron chi connectivity index (χ4n) is 2.65. The Morgan fingerprint density at radius 3 is 2.67 bits per heavy atom. The van der Waals surface area contributed by atoms with Crippen LogP contribution in [0.3, 0.4) is 0 Å². The van der Waals surface area contributed by atoms with E-state index in [1.165, 1.54) is 18.3 Å². The van der Waals surface area contributed by atoms with Crippen molar-refractivity contribution in [3.05, 3.63) is 50.1 Å². The fraction of sp³-hybridized carbons (Fsp3) is 0.278. The Morgan fingerprint density at radius 1 is 1.29 bits per heavy atom. The fourth-order valence-corrected chi connectivity index (χ4v) is 3.89. The lowest BCUT2D eigenvalue weighted by Gasteiger charge is -2.13. The number of aryl methyl sites for hydroxylation is 2. The number of carbonyl (C=O) groups excluding carboxylic acids is 1. The highest BCUT2D eigenvalue weighted by atomic mass is 35.5. The summed E-state index contributed by atoms with van der Waals surface area (Å²) in [5.41, 5.74) is 1.54. The van der Waals surface area contributed by atoms with Gasteiger partial charge in [0.15, 0.2) is 0 Å². The summed E-state index contributed by atoms with van der Waals surface area (Å²) in [6, 6.07) is 7.31. The summed E-state index contributed by atoms with van der Waals surface area (Å²) >= 11 is 7.82. The number of Topliss-reactive ketones (excluding diaryl/α,β-unsaturated/α-hetero) is 1. The van der Waals surface area contributed by atoms with Crippen LogP contribution in [-0.2, 0) is 11.3 Å². The minimum Gasteiger partial charge on any atom is -0.300 e. The number of rotatable bonds is 4. The van der Waals surface area contributed by atoms with E-state index in [9.17, 15) is 9.59 Å². The molecule has 2 heterocycles. The predicted molar refractivity (Wildman–Crippen MR) is 99.1 cm³/mol. The highest BCUT2D eigenvalue weighted by Gasteiger charge is 2.18. The predicted octanol–water partition coefficient (Wildman–Crippen LogP) is 4.37. The zero-order valence-electron chi connectivity index (χ0n) is 13.7. The number of fused-ring (bicyclic) bond motifs is 1. The third-order valence-electron chi connectivity index (χ3n) is 4.09. The van der Waals surface area contributed by atoms with Crippen LogP contribution in [0.2, 0.25) is 5.02 Å². The average Bonchev–Trinajstić information content (AvgIpc) is 2.81. The molecule has 0 amide bonds. The molecule has 24 heavy (non-hydrogen) atoms. The number of carbonyl (C=O) groups is 1. The van der Waals surface area contributed by atoms with Crippen molar-refractivity contribution >= 4 is 38.9 Å². The molecule has 0 aliphatic heterocycles. The molecule has 6 heteroatoms. The Kier molecular flexibility index (Phi) is 4.56. The third kappa shape index (κ3) is 2.89. The first-order valence-electron chi connectivity index (χ1n) is 7.65. The van der Waals surface area contributed by atoms with Crippen LogP contribution in [0, 0.1) is 13.8 Å². The number of benzene rings is 1. The van der Waals surface area contributed by atoms with Gasteiger partial charge in [-0.05, 0) is 38.5 Å². The third-order valence-corrected chi connectivity index (χ3v) is 5.52. The molecule has 2 aromatic heterocycles. The molecular formula is C18H17ClN2O2S. The number of ketones is 1. The lowest BCUT2D eigenvalue weighted by atomic mass is 10.1. The summed E-state index contributed by atoms with van der Waals surface area (Å²) in [4.78, 5) is 31.0. The largest absolute Gasteiger partial charge is 0.300 e. The topological polar surface area (TPSA) is 52.0 Å². The molecule has 124 valence electrons. The van der Waals surface area contributed by atoms with Gasteiger partial charge in [0, 0.05) is 23.4 Å². The maximum atomic E-state index is 13.1. The van der Waals surface area contributed by atoms with Crippen LogP contribution in [0.15, 0.2) is 29.1 Å². The van der Waals surface area contributed by atoms with Crippen molar-refractivity contribution in [2.45, 2.75) is 33.7 Å².